The fraction of sp³-hybridized carbons (Fsp3) is 0.667. The molecule has 1 fully saturated rings. The van der Waals surface area contributed by atoms with Crippen LogP contribution in [0.15, 0.2) is 23.8 Å². The molecule has 0 spiro atoms. The van der Waals surface area contributed by atoms with Crippen molar-refractivity contribution in [1.82, 2.24) is 0 Å². The standard InChI is InChI=1S/C15H22O3/c1-9(2)12-7-15(8-16)10(3)13(17)5-4-11(15)6-14(12)18/h6,10,12-13,16-17H,1,4-5,7-8H2,2-3H3/t10-,12-,13-,15+/m0/s1. The van der Waals surface area contributed by atoms with Crippen molar-refractivity contribution in [1.29, 1.82) is 0 Å². The topological polar surface area (TPSA) is 57.5 Å². The van der Waals surface area contributed by atoms with Gasteiger partial charge in [-0.15, -0.1) is 0 Å². The monoisotopic (exact) mass is 250 g/mol. The van der Waals surface area contributed by atoms with Gasteiger partial charge in [0, 0.05) is 11.3 Å². The van der Waals surface area contributed by atoms with E-state index in [1.54, 1.807) is 6.08 Å². The molecule has 3 heteroatoms. The molecule has 2 aliphatic rings. The van der Waals surface area contributed by atoms with Gasteiger partial charge in [0.2, 0.25) is 0 Å². The van der Waals surface area contributed by atoms with Crippen molar-refractivity contribution >= 4 is 5.78 Å². The zero-order valence-corrected chi connectivity index (χ0v) is 11.1. The number of aliphatic hydroxyl groups excluding tert-OH is 2. The molecule has 18 heavy (non-hydrogen) atoms. The van der Waals surface area contributed by atoms with Crippen LogP contribution in [0, 0.1) is 17.3 Å². The zero-order chi connectivity index (χ0) is 13.5. The Morgan fingerprint density at radius 2 is 2.28 bits per heavy atom. The van der Waals surface area contributed by atoms with Gasteiger partial charge in [0.25, 0.3) is 0 Å². The minimum Gasteiger partial charge on any atom is -0.395 e. The third kappa shape index (κ3) is 1.86. The summed E-state index contributed by atoms with van der Waals surface area (Å²) in [6.07, 6.45) is 3.28. The minimum absolute atomic E-state index is 0.00583. The van der Waals surface area contributed by atoms with Crippen molar-refractivity contribution in [2.24, 2.45) is 17.3 Å². The maximum absolute atomic E-state index is 12.1. The number of aliphatic hydroxyl groups is 2. The number of ketones is 1. The number of carbonyl (C=O) groups is 1. The first-order chi connectivity index (χ1) is 8.42. The fourth-order valence-corrected chi connectivity index (χ4v) is 3.46. The molecule has 0 aromatic carbocycles. The van der Waals surface area contributed by atoms with Gasteiger partial charge in [-0.05, 0) is 38.2 Å². The third-order valence-corrected chi connectivity index (χ3v) is 4.90. The molecule has 0 aliphatic heterocycles. The summed E-state index contributed by atoms with van der Waals surface area (Å²) in [7, 11) is 0. The third-order valence-electron chi connectivity index (χ3n) is 4.90. The molecule has 0 aromatic heterocycles. The molecular weight excluding hydrogens is 228 g/mol. The van der Waals surface area contributed by atoms with Gasteiger partial charge in [0.15, 0.2) is 5.78 Å². The highest BCUT2D eigenvalue weighted by Crippen LogP contribution is 2.52. The van der Waals surface area contributed by atoms with Gasteiger partial charge in [-0.2, -0.15) is 0 Å². The summed E-state index contributed by atoms with van der Waals surface area (Å²) in [5, 5.41) is 19.9. The summed E-state index contributed by atoms with van der Waals surface area (Å²) < 4.78 is 0. The number of hydrogen-bond acceptors (Lipinski definition) is 3. The Bertz CT molecular complexity index is 410. The van der Waals surface area contributed by atoms with Crippen LogP contribution in [-0.4, -0.2) is 28.7 Å². The van der Waals surface area contributed by atoms with E-state index in [0.29, 0.717) is 19.3 Å². The van der Waals surface area contributed by atoms with E-state index in [1.165, 1.54) is 0 Å². The molecule has 2 rings (SSSR count). The molecule has 3 nitrogen and oxygen atoms in total. The van der Waals surface area contributed by atoms with E-state index in [4.69, 9.17) is 0 Å². The van der Waals surface area contributed by atoms with Gasteiger partial charge in [0.05, 0.1) is 12.7 Å². The Morgan fingerprint density at radius 1 is 1.61 bits per heavy atom. The molecule has 1 saturated carbocycles. The number of carbonyl (C=O) groups excluding carboxylic acids is 1. The molecule has 0 amide bonds. The summed E-state index contributed by atoms with van der Waals surface area (Å²) in [6.45, 7) is 7.71. The summed E-state index contributed by atoms with van der Waals surface area (Å²) in [5.41, 5.74) is 1.43. The Balaban J connectivity index is 2.45. The van der Waals surface area contributed by atoms with Gasteiger partial charge >= 0.3 is 0 Å². The lowest BCUT2D eigenvalue weighted by molar-refractivity contribution is -0.121. The van der Waals surface area contributed by atoms with E-state index < -0.39 is 11.5 Å². The van der Waals surface area contributed by atoms with E-state index in [2.05, 4.69) is 6.58 Å². The summed E-state index contributed by atoms with van der Waals surface area (Å²) in [6, 6.07) is 0. The van der Waals surface area contributed by atoms with Gasteiger partial charge in [0.1, 0.15) is 0 Å². The van der Waals surface area contributed by atoms with Crippen LogP contribution >= 0.6 is 0 Å². The average Bonchev–Trinajstić information content (AvgIpc) is 2.34. The minimum atomic E-state index is -0.435. The normalized spacial score (nSPS) is 40.1. The number of hydrogen-bond donors (Lipinski definition) is 2. The summed E-state index contributed by atoms with van der Waals surface area (Å²) in [4.78, 5) is 12.1. The lowest BCUT2D eigenvalue weighted by atomic mass is 9.56. The Kier molecular flexibility index (Phi) is 3.47. The second kappa shape index (κ2) is 4.63. The van der Waals surface area contributed by atoms with Crippen LogP contribution in [0.25, 0.3) is 0 Å². The molecule has 0 heterocycles. The molecule has 4 atom stereocenters. The molecule has 2 N–H and O–H groups in total. The molecule has 0 radical (unpaired) electrons. The maximum atomic E-state index is 12.1. The molecule has 2 aliphatic carbocycles. The fourth-order valence-electron chi connectivity index (χ4n) is 3.46. The lowest BCUT2D eigenvalue weighted by Gasteiger charge is -2.49. The van der Waals surface area contributed by atoms with E-state index in [0.717, 1.165) is 11.1 Å². The highest BCUT2D eigenvalue weighted by atomic mass is 16.3. The van der Waals surface area contributed by atoms with Gasteiger partial charge in [-0.1, -0.05) is 24.6 Å². The first-order valence-electron chi connectivity index (χ1n) is 6.61. The van der Waals surface area contributed by atoms with Crippen molar-refractivity contribution in [3.05, 3.63) is 23.8 Å². The summed E-state index contributed by atoms with van der Waals surface area (Å²) >= 11 is 0. The lowest BCUT2D eigenvalue weighted by Crippen LogP contribution is -2.49. The Hall–Kier alpha value is -0.930. The molecule has 0 unspecified atom stereocenters. The second-order valence-corrected chi connectivity index (χ2v) is 5.88. The van der Waals surface area contributed by atoms with Crippen LogP contribution in [0.5, 0.6) is 0 Å². The van der Waals surface area contributed by atoms with Crippen molar-refractivity contribution < 1.29 is 15.0 Å². The largest absolute Gasteiger partial charge is 0.395 e. The van der Waals surface area contributed by atoms with E-state index in [-0.39, 0.29) is 24.2 Å². The first-order valence-corrected chi connectivity index (χ1v) is 6.61. The smallest absolute Gasteiger partial charge is 0.162 e. The van der Waals surface area contributed by atoms with Crippen LogP contribution in [-0.2, 0) is 4.79 Å². The average molecular weight is 250 g/mol. The quantitative estimate of drug-likeness (QED) is 0.735. The van der Waals surface area contributed by atoms with Crippen LogP contribution in [0.3, 0.4) is 0 Å². The number of allylic oxidation sites excluding steroid dienone is 2. The van der Waals surface area contributed by atoms with Crippen molar-refractivity contribution in [3.8, 4) is 0 Å². The van der Waals surface area contributed by atoms with Gasteiger partial charge in [-0.3, -0.25) is 4.79 Å². The Labute approximate surface area is 108 Å². The highest BCUT2D eigenvalue weighted by Gasteiger charge is 2.49. The van der Waals surface area contributed by atoms with Crippen LogP contribution < -0.4 is 0 Å². The molecule has 0 saturated heterocycles. The number of fused-ring (bicyclic) bond motifs is 1. The maximum Gasteiger partial charge on any atom is 0.162 e. The predicted molar refractivity (Wildman–Crippen MR) is 69.9 cm³/mol. The first kappa shape index (κ1) is 13.5. The molecule has 0 bridgehead atoms. The molecular formula is C15H22O3. The van der Waals surface area contributed by atoms with Gasteiger partial charge in [-0.25, -0.2) is 0 Å². The van der Waals surface area contributed by atoms with Gasteiger partial charge < -0.3 is 10.2 Å². The van der Waals surface area contributed by atoms with Crippen molar-refractivity contribution in [3.63, 3.8) is 0 Å². The Morgan fingerprint density at radius 3 is 2.83 bits per heavy atom. The van der Waals surface area contributed by atoms with E-state index in [1.807, 2.05) is 13.8 Å². The SMILES string of the molecule is C=C(C)[C@@H]1C[C@]2(CO)C(=CC1=O)CC[C@H](O)[C@@H]2C. The summed E-state index contributed by atoms with van der Waals surface area (Å²) in [5.74, 6) is -0.128. The van der Waals surface area contributed by atoms with Crippen LogP contribution in [0.4, 0.5) is 0 Å². The van der Waals surface area contributed by atoms with E-state index in [9.17, 15) is 15.0 Å². The van der Waals surface area contributed by atoms with E-state index >= 15 is 0 Å². The number of rotatable bonds is 2. The molecule has 100 valence electrons. The van der Waals surface area contributed by atoms with Crippen LogP contribution in [0.1, 0.15) is 33.1 Å². The predicted octanol–water partition coefficient (Wildman–Crippen LogP) is 1.85. The zero-order valence-electron chi connectivity index (χ0n) is 11.1. The van der Waals surface area contributed by atoms with Crippen molar-refractivity contribution in [2.75, 3.05) is 6.61 Å². The van der Waals surface area contributed by atoms with Crippen molar-refractivity contribution in [2.45, 2.75) is 39.2 Å². The van der Waals surface area contributed by atoms with Crippen LogP contribution in [0.2, 0.25) is 0 Å². The molecule has 0 aromatic rings. The second-order valence-electron chi connectivity index (χ2n) is 5.88. The highest BCUT2D eigenvalue weighted by molar-refractivity contribution is 5.95.